The van der Waals surface area contributed by atoms with Gasteiger partial charge < -0.3 is 0 Å². The molecule has 0 spiro atoms. The number of benzene rings is 3. The Kier molecular flexibility index (Phi) is 4.28. The second-order valence-electron chi connectivity index (χ2n) is 7.22. The van der Waals surface area contributed by atoms with Crippen molar-refractivity contribution < 1.29 is 13.2 Å². The summed E-state index contributed by atoms with van der Waals surface area (Å²) in [5.41, 5.74) is 4.70. The smallest absolute Gasteiger partial charge is 0.244 e. The predicted octanol–water partition coefficient (Wildman–Crippen LogP) is 6.15. The van der Waals surface area contributed by atoms with Crippen LogP contribution < -0.4 is 0 Å². The number of halogens is 3. The number of hydrogen-bond donors (Lipinski definition) is 0. The van der Waals surface area contributed by atoms with Crippen molar-refractivity contribution in [2.75, 3.05) is 0 Å². The van der Waals surface area contributed by atoms with E-state index in [0.717, 1.165) is 23.3 Å². The molecule has 32 heavy (non-hydrogen) atoms. The van der Waals surface area contributed by atoms with Crippen molar-refractivity contribution in [3.05, 3.63) is 89.1 Å². The van der Waals surface area contributed by atoms with E-state index in [9.17, 15) is 23.7 Å². The molecule has 0 bridgehead atoms. The molecular formula is C25H11F3N4. The number of fused-ring (bicyclic) bond motifs is 4. The van der Waals surface area contributed by atoms with Gasteiger partial charge in [-0.15, -0.1) is 0 Å². The Bertz CT molecular complexity index is 1500. The molecule has 4 aromatic rings. The highest BCUT2D eigenvalue weighted by Crippen LogP contribution is 2.44. The van der Waals surface area contributed by atoms with E-state index in [4.69, 9.17) is 4.98 Å². The van der Waals surface area contributed by atoms with Crippen LogP contribution >= 0.6 is 0 Å². The maximum Gasteiger partial charge on any atom is 0.416 e. The SMILES string of the molecule is N#CC(C#N)=C1c2ccccc2-c2nc3cc(-c4ccc(C(F)(F)F)cc4)ccc3nc21. The van der Waals surface area contributed by atoms with Crippen LogP contribution in [0.15, 0.2) is 72.3 Å². The fraction of sp³-hybridized carbons (Fsp3) is 0.0400. The summed E-state index contributed by atoms with van der Waals surface area (Å²) in [5.74, 6) is 0. The van der Waals surface area contributed by atoms with Gasteiger partial charge in [-0.05, 0) is 41.0 Å². The Labute approximate surface area is 180 Å². The minimum atomic E-state index is -4.39. The first-order valence-corrected chi connectivity index (χ1v) is 9.55. The summed E-state index contributed by atoms with van der Waals surface area (Å²) in [4.78, 5) is 9.42. The first-order chi connectivity index (χ1) is 15.4. The molecule has 0 amide bonds. The zero-order chi connectivity index (χ0) is 22.5. The third-order valence-electron chi connectivity index (χ3n) is 5.37. The van der Waals surface area contributed by atoms with Crippen molar-refractivity contribution in [2.24, 2.45) is 0 Å². The average molecular weight is 424 g/mol. The van der Waals surface area contributed by atoms with Crippen molar-refractivity contribution in [1.82, 2.24) is 9.97 Å². The first-order valence-electron chi connectivity index (χ1n) is 9.55. The molecule has 5 rings (SSSR count). The van der Waals surface area contributed by atoms with Crippen LogP contribution in [0.4, 0.5) is 13.2 Å². The lowest BCUT2D eigenvalue weighted by atomic mass is 10.0. The van der Waals surface area contributed by atoms with E-state index in [1.165, 1.54) is 12.1 Å². The molecule has 152 valence electrons. The Morgan fingerprint density at radius 1 is 0.719 bits per heavy atom. The van der Waals surface area contributed by atoms with E-state index in [0.29, 0.717) is 39.1 Å². The molecule has 1 aliphatic rings. The molecule has 7 heteroatoms. The molecule has 0 fully saturated rings. The zero-order valence-electron chi connectivity index (χ0n) is 16.3. The second-order valence-corrected chi connectivity index (χ2v) is 7.22. The molecule has 1 aliphatic carbocycles. The minimum absolute atomic E-state index is 0.0359. The van der Waals surface area contributed by atoms with Crippen molar-refractivity contribution in [1.29, 1.82) is 10.5 Å². The largest absolute Gasteiger partial charge is 0.416 e. The molecule has 0 radical (unpaired) electrons. The Morgan fingerprint density at radius 2 is 1.34 bits per heavy atom. The van der Waals surface area contributed by atoms with Crippen LogP contribution in [-0.4, -0.2) is 9.97 Å². The van der Waals surface area contributed by atoms with Gasteiger partial charge in [-0.3, -0.25) is 0 Å². The van der Waals surface area contributed by atoms with Crippen LogP contribution in [0.1, 0.15) is 16.8 Å². The van der Waals surface area contributed by atoms with Crippen LogP contribution in [0, 0.1) is 22.7 Å². The molecule has 0 atom stereocenters. The van der Waals surface area contributed by atoms with Gasteiger partial charge in [0.15, 0.2) is 0 Å². The fourth-order valence-electron chi connectivity index (χ4n) is 3.87. The number of rotatable bonds is 1. The molecule has 0 unspecified atom stereocenters. The summed E-state index contributed by atoms with van der Waals surface area (Å²) in [6, 6.07) is 21.4. The number of hydrogen-bond acceptors (Lipinski definition) is 4. The monoisotopic (exact) mass is 424 g/mol. The molecule has 4 nitrogen and oxygen atoms in total. The van der Waals surface area contributed by atoms with E-state index in [1.807, 2.05) is 36.4 Å². The molecule has 0 aliphatic heterocycles. The van der Waals surface area contributed by atoms with Gasteiger partial charge in [0, 0.05) is 11.1 Å². The van der Waals surface area contributed by atoms with Gasteiger partial charge >= 0.3 is 6.18 Å². The zero-order valence-corrected chi connectivity index (χ0v) is 16.3. The summed E-state index contributed by atoms with van der Waals surface area (Å²) < 4.78 is 38.6. The summed E-state index contributed by atoms with van der Waals surface area (Å²) in [6.45, 7) is 0. The lowest BCUT2D eigenvalue weighted by molar-refractivity contribution is -0.137. The molecule has 0 saturated carbocycles. The number of nitrogens with zero attached hydrogens (tertiary/aromatic N) is 4. The number of alkyl halides is 3. The van der Waals surface area contributed by atoms with Crippen molar-refractivity contribution in [3.8, 4) is 34.5 Å². The highest BCUT2D eigenvalue weighted by molar-refractivity contribution is 6.03. The molecule has 3 aromatic carbocycles. The van der Waals surface area contributed by atoms with Gasteiger partial charge in [-0.2, -0.15) is 23.7 Å². The van der Waals surface area contributed by atoms with Gasteiger partial charge in [0.1, 0.15) is 17.7 Å². The van der Waals surface area contributed by atoms with E-state index >= 15 is 0 Å². The Hall–Kier alpha value is -4.49. The normalized spacial score (nSPS) is 12.1. The Morgan fingerprint density at radius 3 is 2.00 bits per heavy atom. The van der Waals surface area contributed by atoms with E-state index in [-0.39, 0.29) is 5.57 Å². The van der Waals surface area contributed by atoms with E-state index in [1.54, 1.807) is 18.2 Å². The van der Waals surface area contributed by atoms with Crippen LogP contribution in [0.5, 0.6) is 0 Å². The summed E-state index contributed by atoms with van der Waals surface area (Å²) >= 11 is 0. The van der Waals surface area contributed by atoms with Gasteiger partial charge in [0.2, 0.25) is 0 Å². The third-order valence-corrected chi connectivity index (χ3v) is 5.37. The van der Waals surface area contributed by atoms with Crippen molar-refractivity contribution in [2.45, 2.75) is 6.18 Å². The fourth-order valence-corrected chi connectivity index (χ4v) is 3.87. The molecule has 0 saturated heterocycles. The molecule has 1 heterocycles. The summed E-state index contributed by atoms with van der Waals surface area (Å²) in [5, 5.41) is 18.9. The van der Waals surface area contributed by atoms with Gasteiger partial charge in [0.25, 0.3) is 0 Å². The number of aromatic nitrogens is 2. The van der Waals surface area contributed by atoms with Crippen LogP contribution in [-0.2, 0) is 6.18 Å². The highest BCUT2D eigenvalue weighted by Gasteiger charge is 2.31. The molecule has 0 N–H and O–H groups in total. The molecular weight excluding hydrogens is 413 g/mol. The number of nitriles is 2. The summed E-state index contributed by atoms with van der Waals surface area (Å²) in [6.07, 6.45) is -4.39. The van der Waals surface area contributed by atoms with Crippen LogP contribution in [0.2, 0.25) is 0 Å². The third kappa shape index (κ3) is 3.00. The minimum Gasteiger partial charge on any atom is -0.244 e. The Balaban J connectivity index is 1.68. The van der Waals surface area contributed by atoms with Crippen molar-refractivity contribution in [3.63, 3.8) is 0 Å². The number of allylic oxidation sites excluding steroid dienone is 1. The summed E-state index contributed by atoms with van der Waals surface area (Å²) in [7, 11) is 0. The van der Waals surface area contributed by atoms with Crippen LogP contribution in [0.25, 0.3) is 39.0 Å². The lowest BCUT2D eigenvalue weighted by Crippen LogP contribution is -2.04. The van der Waals surface area contributed by atoms with E-state index < -0.39 is 11.7 Å². The quantitative estimate of drug-likeness (QED) is 0.303. The van der Waals surface area contributed by atoms with Gasteiger partial charge in [-0.1, -0.05) is 42.5 Å². The van der Waals surface area contributed by atoms with Gasteiger partial charge in [0.05, 0.1) is 28.0 Å². The van der Waals surface area contributed by atoms with Crippen LogP contribution in [0.3, 0.4) is 0 Å². The average Bonchev–Trinajstić information content (AvgIpc) is 3.11. The predicted molar refractivity (Wildman–Crippen MR) is 113 cm³/mol. The topological polar surface area (TPSA) is 73.4 Å². The maximum atomic E-state index is 12.9. The van der Waals surface area contributed by atoms with E-state index in [2.05, 4.69) is 4.98 Å². The first kappa shape index (κ1) is 19.5. The van der Waals surface area contributed by atoms with Crippen molar-refractivity contribution >= 4 is 16.6 Å². The maximum absolute atomic E-state index is 12.9. The lowest BCUT2D eigenvalue weighted by Gasteiger charge is -2.09. The standard InChI is InChI=1S/C25H11F3N4/c26-25(27,28)17-8-5-14(6-9-17)15-7-10-20-21(11-15)32-23-19-4-2-1-3-18(19)22(24(23)31-20)16(12-29)13-30/h1-11H. The second kappa shape index (κ2) is 7.04. The van der Waals surface area contributed by atoms with Gasteiger partial charge in [-0.25, -0.2) is 9.97 Å². The molecule has 1 aromatic heterocycles. The highest BCUT2D eigenvalue weighted by atomic mass is 19.4.